The third kappa shape index (κ3) is 5.29. The first kappa shape index (κ1) is 16.6. The molecule has 0 saturated carbocycles. The third-order valence-corrected chi connectivity index (χ3v) is 3.34. The predicted octanol–water partition coefficient (Wildman–Crippen LogP) is 3.27. The molecule has 1 aromatic carbocycles. The van der Waals surface area contributed by atoms with E-state index in [9.17, 15) is 0 Å². The number of nitrogens with two attached hydrogens (primary N) is 1. The highest BCUT2D eigenvalue weighted by Crippen LogP contribution is 2.29. The first-order chi connectivity index (χ1) is 9.72. The molecule has 0 aliphatic carbocycles. The van der Waals surface area contributed by atoms with Crippen LogP contribution in [-0.2, 0) is 0 Å². The SMILES string of the molecule is CCCOc1cccc(NCC(CCC)CCO)c1N. The molecule has 0 amide bonds. The lowest BCUT2D eigenvalue weighted by atomic mass is 10.00. The zero-order valence-corrected chi connectivity index (χ0v) is 12.7. The molecule has 114 valence electrons. The predicted molar refractivity (Wildman–Crippen MR) is 85.2 cm³/mol. The van der Waals surface area contributed by atoms with E-state index in [-0.39, 0.29) is 6.61 Å². The van der Waals surface area contributed by atoms with E-state index in [1.165, 1.54) is 0 Å². The molecule has 0 saturated heterocycles. The van der Waals surface area contributed by atoms with Gasteiger partial charge in [0.25, 0.3) is 0 Å². The molecule has 0 bridgehead atoms. The summed E-state index contributed by atoms with van der Waals surface area (Å²) in [5.41, 5.74) is 7.70. The summed E-state index contributed by atoms with van der Waals surface area (Å²) in [5.74, 6) is 1.22. The Morgan fingerprint density at radius 3 is 2.70 bits per heavy atom. The Balaban J connectivity index is 2.62. The third-order valence-electron chi connectivity index (χ3n) is 3.34. The molecule has 0 heterocycles. The van der Waals surface area contributed by atoms with Crippen molar-refractivity contribution in [3.8, 4) is 5.75 Å². The Bertz CT molecular complexity index is 377. The van der Waals surface area contributed by atoms with E-state index < -0.39 is 0 Å². The molecular formula is C16H28N2O2. The van der Waals surface area contributed by atoms with Crippen molar-refractivity contribution in [1.82, 2.24) is 0 Å². The molecule has 1 rings (SSSR count). The van der Waals surface area contributed by atoms with Crippen LogP contribution in [0.15, 0.2) is 18.2 Å². The number of benzene rings is 1. The van der Waals surface area contributed by atoms with E-state index in [2.05, 4.69) is 19.2 Å². The molecule has 0 radical (unpaired) electrons. The molecule has 4 heteroatoms. The molecule has 1 atom stereocenters. The smallest absolute Gasteiger partial charge is 0.144 e. The van der Waals surface area contributed by atoms with Gasteiger partial charge in [-0.1, -0.05) is 26.3 Å². The quantitative estimate of drug-likeness (QED) is 0.575. The number of nitrogen functional groups attached to an aromatic ring is 1. The first-order valence-corrected chi connectivity index (χ1v) is 7.58. The molecule has 0 aromatic heterocycles. The second-order valence-electron chi connectivity index (χ2n) is 5.11. The van der Waals surface area contributed by atoms with Crippen LogP contribution < -0.4 is 15.8 Å². The minimum Gasteiger partial charge on any atom is -0.491 e. The van der Waals surface area contributed by atoms with Crippen LogP contribution in [0.2, 0.25) is 0 Å². The minimum absolute atomic E-state index is 0.238. The Labute approximate surface area is 122 Å². The number of ether oxygens (including phenoxy) is 1. The van der Waals surface area contributed by atoms with Crippen LogP contribution in [-0.4, -0.2) is 24.9 Å². The molecule has 4 nitrogen and oxygen atoms in total. The van der Waals surface area contributed by atoms with Crippen LogP contribution in [0, 0.1) is 5.92 Å². The summed E-state index contributed by atoms with van der Waals surface area (Å²) in [4.78, 5) is 0. The second-order valence-corrected chi connectivity index (χ2v) is 5.11. The van der Waals surface area contributed by atoms with Gasteiger partial charge in [-0.2, -0.15) is 0 Å². The fourth-order valence-corrected chi connectivity index (χ4v) is 2.23. The number of anilines is 2. The average Bonchev–Trinajstić information content (AvgIpc) is 2.45. The van der Waals surface area contributed by atoms with Crippen molar-refractivity contribution in [3.63, 3.8) is 0 Å². The van der Waals surface area contributed by atoms with Gasteiger partial charge in [0, 0.05) is 13.2 Å². The van der Waals surface area contributed by atoms with Crippen LogP contribution in [0.5, 0.6) is 5.75 Å². The van der Waals surface area contributed by atoms with Crippen molar-refractivity contribution in [3.05, 3.63) is 18.2 Å². The first-order valence-electron chi connectivity index (χ1n) is 7.58. The van der Waals surface area contributed by atoms with Crippen LogP contribution in [0.3, 0.4) is 0 Å². The van der Waals surface area contributed by atoms with Crippen molar-refractivity contribution >= 4 is 11.4 Å². The molecular weight excluding hydrogens is 252 g/mol. The Kier molecular flexibility index (Phi) is 7.88. The zero-order valence-electron chi connectivity index (χ0n) is 12.7. The van der Waals surface area contributed by atoms with Crippen molar-refractivity contribution in [2.75, 3.05) is 30.8 Å². The van der Waals surface area contributed by atoms with Gasteiger partial charge in [-0.15, -0.1) is 0 Å². The van der Waals surface area contributed by atoms with Crippen LogP contribution in [0.1, 0.15) is 39.5 Å². The topological polar surface area (TPSA) is 67.5 Å². The van der Waals surface area contributed by atoms with Crippen molar-refractivity contribution in [2.24, 2.45) is 5.92 Å². The second kappa shape index (κ2) is 9.48. The molecule has 20 heavy (non-hydrogen) atoms. The van der Waals surface area contributed by atoms with Crippen LogP contribution >= 0.6 is 0 Å². The van der Waals surface area contributed by atoms with Gasteiger partial charge >= 0.3 is 0 Å². The van der Waals surface area contributed by atoms with Crippen LogP contribution in [0.25, 0.3) is 0 Å². The highest BCUT2D eigenvalue weighted by molar-refractivity contribution is 5.72. The number of aliphatic hydroxyl groups excluding tert-OH is 1. The van der Waals surface area contributed by atoms with E-state index >= 15 is 0 Å². The largest absolute Gasteiger partial charge is 0.491 e. The summed E-state index contributed by atoms with van der Waals surface area (Å²) in [6.45, 7) is 5.98. The number of para-hydroxylation sites is 1. The van der Waals surface area contributed by atoms with Gasteiger partial charge in [-0.05, 0) is 37.3 Å². The summed E-state index contributed by atoms with van der Waals surface area (Å²) in [5, 5.41) is 12.5. The van der Waals surface area contributed by atoms with Gasteiger partial charge in [0.1, 0.15) is 5.75 Å². The lowest BCUT2D eigenvalue weighted by Crippen LogP contribution is -2.16. The summed E-state index contributed by atoms with van der Waals surface area (Å²) >= 11 is 0. The average molecular weight is 280 g/mol. The molecule has 0 spiro atoms. The summed E-state index contributed by atoms with van der Waals surface area (Å²) in [6.07, 6.45) is 4.03. The fourth-order valence-electron chi connectivity index (χ4n) is 2.23. The number of rotatable bonds is 10. The van der Waals surface area contributed by atoms with Gasteiger partial charge in [0.2, 0.25) is 0 Å². The maximum absolute atomic E-state index is 9.08. The number of aliphatic hydroxyl groups is 1. The Morgan fingerprint density at radius 1 is 1.25 bits per heavy atom. The normalized spacial score (nSPS) is 12.2. The van der Waals surface area contributed by atoms with Crippen LogP contribution in [0.4, 0.5) is 11.4 Å². The van der Waals surface area contributed by atoms with Crippen molar-refractivity contribution < 1.29 is 9.84 Å². The van der Waals surface area contributed by atoms with Gasteiger partial charge in [-0.3, -0.25) is 0 Å². The lowest BCUT2D eigenvalue weighted by Gasteiger charge is -2.18. The number of hydrogen-bond donors (Lipinski definition) is 3. The minimum atomic E-state index is 0.238. The van der Waals surface area contributed by atoms with E-state index in [0.717, 1.165) is 43.7 Å². The number of hydrogen-bond acceptors (Lipinski definition) is 4. The van der Waals surface area contributed by atoms with Gasteiger partial charge < -0.3 is 20.9 Å². The Morgan fingerprint density at radius 2 is 2.05 bits per heavy atom. The summed E-state index contributed by atoms with van der Waals surface area (Å²) in [7, 11) is 0. The van der Waals surface area contributed by atoms with Crippen molar-refractivity contribution in [2.45, 2.75) is 39.5 Å². The molecule has 1 unspecified atom stereocenters. The maximum atomic E-state index is 9.08. The molecule has 0 aliphatic heterocycles. The fraction of sp³-hybridized carbons (Fsp3) is 0.625. The maximum Gasteiger partial charge on any atom is 0.144 e. The van der Waals surface area contributed by atoms with E-state index in [1.807, 2.05) is 18.2 Å². The summed E-state index contributed by atoms with van der Waals surface area (Å²) < 4.78 is 5.62. The molecule has 4 N–H and O–H groups in total. The van der Waals surface area contributed by atoms with E-state index in [1.54, 1.807) is 0 Å². The van der Waals surface area contributed by atoms with E-state index in [4.69, 9.17) is 15.6 Å². The monoisotopic (exact) mass is 280 g/mol. The van der Waals surface area contributed by atoms with Gasteiger partial charge in [-0.25, -0.2) is 0 Å². The summed E-state index contributed by atoms with van der Waals surface area (Å²) in [6, 6.07) is 5.81. The van der Waals surface area contributed by atoms with E-state index in [0.29, 0.717) is 18.2 Å². The Hall–Kier alpha value is -1.42. The highest BCUT2D eigenvalue weighted by atomic mass is 16.5. The number of nitrogens with one attached hydrogen (secondary N) is 1. The standard InChI is InChI=1S/C16H28N2O2/c1-3-6-13(9-10-19)12-18-14-7-5-8-15(16(14)17)20-11-4-2/h5,7-8,13,18-19H,3-4,6,9-12,17H2,1-2H3. The molecule has 1 aromatic rings. The molecule has 0 fully saturated rings. The zero-order chi connectivity index (χ0) is 14.8. The van der Waals surface area contributed by atoms with Crippen molar-refractivity contribution in [1.29, 1.82) is 0 Å². The molecule has 0 aliphatic rings. The van der Waals surface area contributed by atoms with Gasteiger partial charge in [0.15, 0.2) is 0 Å². The lowest BCUT2D eigenvalue weighted by molar-refractivity contribution is 0.255. The van der Waals surface area contributed by atoms with Gasteiger partial charge in [0.05, 0.1) is 18.0 Å². The highest BCUT2D eigenvalue weighted by Gasteiger charge is 2.10.